The third kappa shape index (κ3) is 2.95. The van der Waals surface area contributed by atoms with E-state index in [0.29, 0.717) is 22.1 Å². The fourth-order valence-corrected chi connectivity index (χ4v) is 2.20. The summed E-state index contributed by atoms with van der Waals surface area (Å²) < 4.78 is 5.04. The molecule has 0 amide bonds. The summed E-state index contributed by atoms with van der Waals surface area (Å²) in [6.45, 7) is 0. The van der Waals surface area contributed by atoms with E-state index in [1.807, 2.05) is 0 Å². The predicted octanol–water partition coefficient (Wildman–Crippen LogP) is 4.65. The van der Waals surface area contributed by atoms with Crippen LogP contribution in [0.2, 0.25) is 10.0 Å². The molecule has 2 rings (SSSR count). The summed E-state index contributed by atoms with van der Waals surface area (Å²) in [4.78, 5) is 10.5. The Morgan fingerprint density at radius 2 is 1.95 bits per heavy atom. The molecule has 104 valence electrons. The molecule has 5 nitrogen and oxygen atoms in total. The van der Waals surface area contributed by atoms with E-state index >= 15 is 0 Å². The van der Waals surface area contributed by atoms with E-state index in [1.54, 1.807) is 30.3 Å². The molecule has 0 unspecified atom stereocenters. The molecule has 0 atom stereocenters. The largest absolute Gasteiger partial charge is 0.495 e. The summed E-state index contributed by atoms with van der Waals surface area (Å²) in [5.74, 6) is 0.526. The summed E-state index contributed by atoms with van der Waals surface area (Å²) in [7, 11) is 1.51. The lowest BCUT2D eigenvalue weighted by molar-refractivity contribution is -0.383. The molecule has 20 heavy (non-hydrogen) atoms. The zero-order valence-electron chi connectivity index (χ0n) is 10.4. The second-order valence-corrected chi connectivity index (χ2v) is 4.68. The lowest BCUT2D eigenvalue weighted by Crippen LogP contribution is -1.98. The van der Waals surface area contributed by atoms with Gasteiger partial charge in [-0.1, -0.05) is 29.3 Å². The van der Waals surface area contributed by atoms with Crippen LogP contribution < -0.4 is 10.1 Å². The van der Waals surface area contributed by atoms with Crippen molar-refractivity contribution >= 4 is 40.3 Å². The van der Waals surface area contributed by atoms with Gasteiger partial charge in [-0.3, -0.25) is 10.1 Å². The lowest BCUT2D eigenvalue weighted by Gasteiger charge is -2.10. The molecule has 0 radical (unpaired) electrons. The number of hydrogen-bond acceptors (Lipinski definition) is 4. The highest BCUT2D eigenvalue weighted by molar-refractivity contribution is 6.33. The van der Waals surface area contributed by atoms with Gasteiger partial charge in [0.1, 0.15) is 16.5 Å². The molecule has 0 spiro atoms. The molecule has 0 saturated heterocycles. The smallest absolute Gasteiger partial charge is 0.311 e. The van der Waals surface area contributed by atoms with Gasteiger partial charge in [-0.2, -0.15) is 0 Å². The van der Waals surface area contributed by atoms with E-state index in [2.05, 4.69) is 5.32 Å². The number of halogens is 2. The van der Waals surface area contributed by atoms with Crippen LogP contribution in [0.4, 0.5) is 17.1 Å². The van der Waals surface area contributed by atoms with Crippen molar-refractivity contribution in [3.05, 3.63) is 56.6 Å². The monoisotopic (exact) mass is 312 g/mol. The number of nitro groups is 1. The molecule has 0 aliphatic heterocycles. The topological polar surface area (TPSA) is 64.4 Å². The molecule has 0 aliphatic carbocycles. The minimum absolute atomic E-state index is 0.0691. The quantitative estimate of drug-likeness (QED) is 0.659. The molecule has 0 bridgehead atoms. The zero-order valence-corrected chi connectivity index (χ0v) is 11.9. The van der Waals surface area contributed by atoms with E-state index in [4.69, 9.17) is 27.9 Å². The first-order valence-electron chi connectivity index (χ1n) is 5.56. The summed E-state index contributed by atoms with van der Waals surface area (Å²) in [5.41, 5.74) is 0.714. The molecular weight excluding hydrogens is 303 g/mol. The van der Waals surface area contributed by atoms with Crippen molar-refractivity contribution < 1.29 is 9.66 Å². The van der Waals surface area contributed by atoms with E-state index in [9.17, 15) is 10.1 Å². The predicted molar refractivity (Wildman–Crippen MR) is 79.4 cm³/mol. The molecule has 0 fully saturated rings. The first-order valence-corrected chi connectivity index (χ1v) is 6.32. The van der Waals surface area contributed by atoms with E-state index in [-0.39, 0.29) is 10.7 Å². The number of methoxy groups -OCH3 is 1. The SMILES string of the molecule is COc1ccc(Nc2cccc(Cl)c2[N+](=O)[O-])cc1Cl. The van der Waals surface area contributed by atoms with Gasteiger partial charge < -0.3 is 10.1 Å². The van der Waals surface area contributed by atoms with Gasteiger partial charge in [0.25, 0.3) is 0 Å². The summed E-state index contributed by atoms with van der Waals surface area (Å²) >= 11 is 11.8. The van der Waals surface area contributed by atoms with Crippen LogP contribution in [0.3, 0.4) is 0 Å². The summed E-state index contributed by atoms with van der Waals surface area (Å²) in [6.07, 6.45) is 0. The Kier molecular flexibility index (Phi) is 4.32. The maximum absolute atomic E-state index is 11.0. The van der Waals surface area contributed by atoms with Crippen LogP contribution >= 0.6 is 23.2 Å². The molecule has 0 aromatic heterocycles. The Morgan fingerprint density at radius 1 is 1.20 bits per heavy atom. The van der Waals surface area contributed by atoms with Gasteiger partial charge in [-0.05, 0) is 30.3 Å². The first kappa shape index (κ1) is 14.4. The highest BCUT2D eigenvalue weighted by Crippen LogP contribution is 2.35. The van der Waals surface area contributed by atoms with Crippen LogP contribution in [0.25, 0.3) is 0 Å². The molecular formula is C13H10Cl2N2O3. The van der Waals surface area contributed by atoms with Crippen molar-refractivity contribution in [1.29, 1.82) is 0 Å². The number of rotatable bonds is 4. The standard InChI is InChI=1S/C13H10Cl2N2O3/c1-20-12-6-5-8(7-10(12)15)16-11-4-2-3-9(14)13(11)17(18)19/h2-7,16H,1H3. The summed E-state index contributed by atoms with van der Waals surface area (Å²) in [6, 6.07) is 9.65. The molecule has 0 heterocycles. The third-order valence-corrected chi connectivity index (χ3v) is 3.20. The minimum Gasteiger partial charge on any atom is -0.495 e. The number of nitrogens with zero attached hydrogens (tertiary/aromatic N) is 1. The number of hydrogen-bond donors (Lipinski definition) is 1. The van der Waals surface area contributed by atoms with Crippen molar-refractivity contribution in [3.8, 4) is 5.75 Å². The molecule has 0 aliphatic rings. The number of anilines is 2. The first-order chi connectivity index (χ1) is 9.52. The Bertz CT molecular complexity index is 662. The molecule has 1 N–H and O–H groups in total. The maximum atomic E-state index is 11.0. The summed E-state index contributed by atoms with van der Waals surface area (Å²) in [5, 5.41) is 14.4. The number of benzene rings is 2. The fourth-order valence-electron chi connectivity index (χ4n) is 1.70. The Balaban J connectivity index is 2.38. The van der Waals surface area contributed by atoms with Gasteiger partial charge >= 0.3 is 5.69 Å². The van der Waals surface area contributed by atoms with Crippen LogP contribution in [-0.4, -0.2) is 12.0 Å². The molecule has 0 saturated carbocycles. The van der Waals surface area contributed by atoms with Gasteiger partial charge in [0.2, 0.25) is 0 Å². The number of nitro benzene ring substituents is 1. The number of ether oxygens (including phenoxy) is 1. The van der Waals surface area contributed by atoms with Gasteiger partial charge in [-0.15, -0.1) is 0 Å². The number of para-hydroxylation sites is 1. The lowest BCUT2D eigenvalue weighted by atomic mass is 10.2. The van der Waals surface area contributed by atoms with Crippen molar-refractivity contribution in [2.45, 2.75) is 0 Å². The Labute approximate surface area is 125 Å². The second kappa shape index (κ2) is 5.98. The third-order valence-electron chi connectivity index (χ3n) is 2.60. The van der Waals surface area contributed by atoms with Crippen LogP contribution in [0.1, 0.15) is 0 Å². The highest BCUT2D eigenvalue weighted by Gasteiger charge is 2.18. The van der Waals surface area contributed by atoms with Crippen LogP contribution in [-0.2, 0) is 0 Å². The van der Waals surface area contributed by atoms with E-state index in [0.717, 1.165) is 0 Å². The van der Waals surface area contributed by atoms with Crippen LogP contribution in [0.15, 0.2) is 36.4 Å². The van der Waals surface area contributed by atoms with Crippen LogP contribution in [0, 0.1) is 10.1 Å². The molecule has 7 heteroatoms. The highest BCUT2D eigenvalue weighted by atomic mass is 35.5. The van der Waals surface area contributed by atoms with Crippen molar-refractivity contribution in [2.75, 3.05) is 12.4 Å². The average molecular weight is 313 g/mol. The second-order valence-electron chi connectivity index (χ2n) is 3.87. The molecule has 2 aromatic rings. The molecule has 2 aromatic carbocycles. The zero-order chi connectivity index (χ0) is 14.7. The average Bonchev–Trinajstić information content (AvgIpc) is 2.38. The Hall–Kier alpha value is -1.98. The van der Waals surface area contributed by atoms with Crippen molar-refractivity contribution in [1.82, 2.24) is 0 Å². The van der Waals surface area contributed by atoms with Gasteiger partial charge in [0.05, 0.1) is 17.1 Å². The minimum atomic E-state index is -0.532. The van der Waals surface area contributed by atoms with E-state index < -0.39 is 4.92 Å². The normalized spacial score (nSPS) is 10.2. The van der Waals surface area contributed by atoms with Gasteiger partial charge in [0.15, 0.2) is 0 Å². The Morgan fingerprint density at radius 3 is 2.55 bits per heavy atom. The van der Waals surface area contributed by atoms with Crippen LogP contribution in [0.5, 0.6) is 5.75 Å². The van der Waals surface area contributed by atoms with E-state index in [1.165, 1.54) is 13.2 Å². The van der Waals surface area contributed by atoms with Gasteiger partial charge in [0, 0.05) is 5.69 Å². The number of nitrogens with one attached hydrogen (secondary N) is 1. The fraction of sp³-hybridized carbons (Fsp3) is 0.0769. The van der Waals surface area contributed by atoms with Gasteiger partial charge in [-0.25, -0.2) is 0 Å². The van der Waals surface area contributed by atoms with Crippen molar-refractivity contribution in [3.63, 3.8) is 0 Å². The van der Waals surface area contributed by atoms with Crippen molar-refractivity contribution in [2.24, 2.45) is 0 Å². The maximum Gasteiger partial charge on any atom is 0.311 e.